The van der Waals surface area contributed by atoms with Crippen molar-refractivity contribution in [3.8, 4) is 11.6 Å². The molecule has 2 N–H and O–H groups in total. The Balaban J connectivity index is 2.22. The summed E-state index contributed by atoms with van der Waals surface area (Å²) < 4.78 is 6.39. The zero-order valence-electron chi connectivity index (χ0n) is 8.73. The molecule has 0 fully saturated rings. The van der Waals surface area contributed by atoms with E-state index in [1.165, 1.54) is 0 Å². The van der Waals surface area contributed by atoms with E-state index in [4.69, 9.17) is 22.1 Å². The first-order valence-corrected chi connectivity index (χ1v) is 6.01. The fraction of sp³-hybridized carbons (Fsp3) is 0.0909. The summed E-state index contributed by atoms with van der Waals surface area (Å²) in [6, 6.07) is 8.79. The minimum absolute atomic E-state index is 0.352. The topological polar surface area (TPSA) is 61.0 Å². The summed E-state index contributed by atoms with van der Waals surface area (Å²) in [4.78, 5) is 0. The molecule has 1 aromatic carbocycles. The third-order valence-corrected chi connectivity index (χ3v) is 2.82. The summed E-state index contributed by atoms with van der Waals surface area (Å²) in [5.41, 5.74) is 6.13. The second-order valence-electron chi connectivity index (χ2n) is 3.24. The Kier molecular flexibility index (Phi) is 3.93. The number of rotatable bonds is 3. The molecule has 0 atom stereocenters. The van der Waals surface area contributed by atoms with E-state index >= 15 is 0 Å². The molecule has 0 spiro atoms. The average molecular weight is 315 g/mol. The van der Waals surface area contributed by atoms with Gasteiger partial charge in [-0.2, -0.15) is 5.10 Å². The third-order valence-electron chi connectivity index (χ3n) is 2.01. The molecule has 0 aliphatic heterocycles. The fourth-order valence-corrected chi connectivity index (χ4v) is 1.68. The van der Waals surface area contributed by atoms with Crippen LogP contribution in [0.1, 0.15) is 5.69 Å². The van der Waals surface area contributed by atoms with Crippen molar-refractivity contribution in [3.63, 3.8) is 0 Å². The van der Waals surface area contributed by atoms with E-state index in [0.29, 0.717) is 28.9 Å². The highest BCUT2D eigenvalue weighted by Crippen LogP contribution is 2.30. The summed E-state index contributed by atoms with van der Waals surface area (Å²) in [6.45, 7) is 0.352. The second kappa shape index (κ2) is 5.44. The molecule has 88 valence electrons. The first kappa shape index (κ1) is 12.3. The molecule has 6 heteroatoms. The molecular formula is C11H9BrClN3O. The van der Waals surface area contributed by atoms with Crippen LogP contribution in [0.25, 0.3) is 0 Å². The molecule has 0 aliphatic carbocycles. The van der Waals surface area contributed by atoms with E-state index in [2.05, 4.69) is 26.1 Å². The van der Waals surface area contributed by atoms with Crippen LogP contribution in [0.3, 0.4) is 0 Å². The van der Waals surface area contributed by atoms with Gasteiger partial charge in [-0.1, -0.05) is 27.5 Å². The lowest BCUT2D eigenvalue weighted by atomic mass is 10.3. The minimum atomic E-state index is 0.352. The highest BCUT2D eigenvalue weighted by Gasteiger charge is 2.05. The Morgan fingerprint density at radius 1 is 1.24 bits per heavy atom. The summed E-state index contributed by atoms with van der Waals surface area (Å²) in [5.74, 6) is 0.901. The molecule has 2 rings (SSSR count). The van der Waals surface area contributed by atoms with Crippen molar-refractivity contribution in [1.82, 2.24) is 10.2 Å². The van der Waals surface area contributed by atoms with Gasteiger partial charge in [0, 0.05) is 17.1 Å². The van der Waals surface area contributed by atoms with Crippen LogP contribution in [-0.2, 0) is 6.54 Å². The molecule has 0 bridgehead atoms. The number of halogens is 2. The van der Waals surface area contributed by atoms with Gasteiger partial charge in [-0.15, -0.1) is 5.10 Å². The number of benzene rings is 1. The number of hydrogen-bond donors (Lipinski definition) is 1. The van der Waals surface area contributed by atoms with Crippen molar-refractivity contribution in [2.24, 2.45) is 5.73 Å². The van der Waals surface area contributed by atoms with Crippen molar-refractivity contribution < 1.29 is 4.74 Å². The fourth-order valence-electron chi connectivity index (χ4n) is 1.18. The molecule has 2 aromatic rings. The summed E-state index contributed by atoms with van der Waals surface area (Å²) in [7, 11) is 0. The van der Waals surface area contributed by atoms with Gasteiger partial charge in [0.25, 0.3) is 0 Å². The molecule has 0 unspecified atom stereocenters. The van der Waals surface area contributed by atoms with E-state index in [1.54, 1.807) is 24.3 Å². The van der Waals surface area contributed by atoms with Crippen LogP contribution in [0, 0.1) is 0 Å². The SMILES string of the molecule is NCc1ccc(Oc2cc(Br)ccc2Cl)nn1. The number of aromatic nitrogens is 2. The Morgan fingerprint density at radius 3 is 2.71 bits per heavy atom. The lowest BCUT2D eigenvalue weighted by molar-refractivity contribution is 0.454. The smallest absolute Gasteiger partial charge is 0.238 e. The predicted octanol–water partition coefficient (Wildman–Crippen LogP) is 3.14. The van der Waals surface area contributed by atoms with Gasteiger partial charge in [-0.05, 0) is 24.3 Å². The highest BCUT2D eigenvalue weighted by atomic mass is 79.9. The average Bonchev–Trinajstić information content (AvgIpc) is 2.35. The summed E-state index contributed by atoms with van der Waals surface area (Å²) in [5, 5.41) is 8.29. The monoisotopic (exact) mass is 313 g/mol. The molecule has 4 nitrogen and oxygen atoms in total. The normalized spacial score (nSPS) is 10.3. The van der Waals surface area contributed by atoms with Crippen molar-refractivity contribution in [1.29, 1.82) is 0 Å². The summed E-state index contributed by atoms with van der Waals surface area (Å²) in [6.07, 6.45) is 0. The molecule has 0 saturated heterocycles. The van der Waals surface area contributed by atoms with Crippen molar-refractivity contribution in [2.45, 2.75) is 6.54 Å². The highest BCUT2D eigenvalue weighted by molar-refractivity contribution is 9.10. The Labute approximate surface area is 112 Å². The van der Waals surface area contributed by atoms with E-state index in [1.807, 2.05) is 6.07 Å². The van der Waals surface area contributed by atoms with E-state index in [0.717, 1.165) is 4.47 Å². The third kappa shape index (κ3) is 3.15. The van der Waals surface area contributed by atoms with Gasteiger partial charge in [-0.3, -0.25) is 0 Å². The van der Waals surface area contributed by atoms with Crippen molar-refractivity contribution in [2.75, 3.05) is 0 Å². The lowest BCUT2D eigenvalue weighted by Gasteiger charge is -2.06. The predicted molar refractivity (Wildman–Crippen MR) is 69.1 cm³/mol. The van der Waals surface area contributed by atoms with Crippen LogP contribution in [-0.4, -0.2) is 10.2 Å². The van der Waals surface area contributed by atoms with Crippen LogP contribution in [0.2, 0.25) is 5.02 Å². The van der Waals surface area contributed by atoms with Crippen LogP contribution < -0.4 is 10.5 Å². The number of nitrogens with zero attached hydrogens (tertiary/aromatic N) is 2. The van der Waals surface area contributed by atoms with Gasteiger partial charge in [-0.25, -0.2) is 0 Å². The van der Waals surface area contributed by atoms with Crippen LogP contribution in [0.5, 0.6) is 11.6 Å². The van der Waals surface area contributed by atoms with Gasteiger partial charge in [0.05, 0.1) is 10.7 Å². The van der Waals surface area contributed by atoms with Crippen LogP contribution in [0.15, 0.2) is 34.8 Å². The zero-order valence-corrected chi connectivity index (χ0v) is 11.1. The number of hydrogen-bond acceptors (Lipinski definition) is 4. The molecule has 17 heavy (non-hydrogen) atoms. The standard InChI is InChI=1S/C11H9BrClN3O/c12-7-1-3-9(13)10(5-7)17-11-4-2-8(6-14)15-16-11/h1-5H,6,14H2. The van der Waals surface area contributed by atoms with Crippen LogP contribution >= 0.6 is 27.5 Å². The van der Waals surface area contributed by atoms with Gasteiger partial charge >= 0.3 is 0 Å². The van der Waals surface area contributed by atoms with Gasteiger partial charge in [0.2, 0.25) is 5.88 Å². The first-order valence-electron chi connectivity index (χ1n) is 4.84. The van der Waals surface area contributed by atoms with Gasteiger partial charge < -0.3 is 10.5 Å². The molecule has 0 aliphatic rings. The Hall–Kier alpha value is -1.17. The number of nitrogens with two attached hydrogens (primary N) is 1. The minimum Gasteiger partial charge on any atom is -0.436 e. The van der Waals surface area contributed by atoms with E-state index in [-0.39, 0.29) is 0 Å². The van der Waals surface area contributed by atoms with Gasteiger partial charge in [0.1, 0.15) is 5.75 Å². The van der Waals surface area contributed by atoms with Crippen LogP contribution in [0.4, 0.5) is 0 Å². The molecule has 1 aromatic heterocycles. The maximum absolute atomic E-state index is 5.99. The second-order valence-corrected chi connectivity index (χ2v) is 4.57. The Bertz CT molecular complexity index is 519. The zero-order chi connectivity index (χ0) is 12.3. The Morgan fingerprint density at radius 2 is 2.06 bits per heavy atom. The quantitative estimate of drug-likeness (QED) is 0.945. The molecule has 0 amide bonds. The largest absolute Gasteiger partial charge is 0.436 e. The molecular weight excluding hydrogens is 305 g/mol. The van der Waals surface area contributed by atoms with E-state index < -0.39 is 0 Å². The summed E-state index contributed by atoms with van der Waals surface area (Å²) >= 11 is 9.33. The molecule has 0 radical (unpaired) electrons. The number of ether oxygens (including phenoxy) is 1. The molecule has 0 saturated carbocycles. The first-order chi connectivity index (χ1) is 8.19. The maximum Gasteiger partial charge on any atom is 0.238 e. The molecule has 1 heterocycles. The lowest BCUT2D eigenvalue weighted by Crippen LogP contribution is -2.01. The van der Waals surface area contributed by atoms with Gasteiger partial charge in [0.15, 0.2) is 0 Å². The van der Waals surface area contributed by atoms with Crippen molar-refractivity contribution in [3.05, 3.63) is 45.5 Å². The van der Waals surface area contributed by atoms with Crippen molar-refractivity contribution >= 4 is 27.5 Å². The van der Waals surface area contributed by atoms with E-state index in [9.17, 15) is 0 Å². The maximum atomic E-state index is 5.99.